The van der Waals surface area contributed by atoms with Crippen LogP contribution in [0.4, 0.5) is 13.2 Å². The minimum absolute atomic E-state index is 0.0238. The first kappa shape index (κ1) is 23.0. The number of benzene rings is 2. The molecule has 0 aliphatic heterocycles. The number of carbonyl (C=O) groups excluding carboxylic acids is 1. The van der Waals surface area contributed by atoms with Gasteiger partial charge in [-0.25, -0.2) is 0 Å². The summed E-state index contributed by atoms with van der Waals surface area (Å²) in [4.78, 5) is 12.2. The Labute approximate surface area is 185 Å². The first-order chi connectivity index (χ1) is 14.8. The Morgan fingerprint density at radius 2 is 1.97 bits per heavy atom. The maximum absolute atomic E-state index is 12.5. The molecule has 1 amide bonds. The highest BCUT2D eigenvalue weighted by Gasteiger charge is 2.32. The van der Waals surface area contributed by atoms with Gasteiger partial charge in [0, 0.05) is 29.2 Å². The topological polar surface area (TPSA) is 69.0 Å². The Morgan fingerprint density at radius 3 is 2.68 bits per heavy atom. The molecular formula is C20H18ClF3N4O2S. The van der Waals surface area contributed by atoms with Crippen molar-refractivity contribution in [3.05, 3.63) is 59.1 Å². The third-order valence-electron chi connectivity index (χ3n) is 4.12. The van der Waals surface area contributed by atoms with E-state index in [-0.39, 0.29) is 29.5 Å². The summed E-state index contributed by atoms with van der Waals surface area (Å²) in [5.74, 6) is -0.0524. The van der Waals surface area contributed by atoms with Crippen molar-refractivity contribution in [1.82, 2.24) is 20.1 Å². The molecule has 1 N–H and O–H groups in total. The van der Waals surface area contributed by atoms with Crippen LogP contribution in [0.25, 0.3) is 11.4 Å². The summed E-state index contributed by atoms with van der Waals surface area (Å²) in [5, 5.41) is 12.1. The van der Waals surface area contributed by atoms with Crippen molar-refractivity contribution in [2.24, 2.45) is 0 Å². The number of nitrogens with zero attached hydrogens (tertiary/aromatic N) is 3. The molecule has 0 atom stereocenters. The molecule has 0 aliphatic carbocycles. The molecule has 2 aromatic carbocycles. The molecular weight excluding hydrogens is 453 g/mol. The fourth-order valence-corrected chi connectivity index (χ4v) is 3.79. The first-order valence-electron chi connectivity index (χ1n) is 9.19. The highest BCUT2D eigenvalue weighted by atomic mass is 35.5. The zero-order valence-electron chi connectivity index (χ0n) is 16.3. The van der Waals surface area contributed by atoms with Gasteiger partial charge in [0.1, 0.15) is 5.75 Å². The van der Waals surface area contributed by atoms with Crippen LogP contribution in [-0.4, -0.2) is 32.8 Å². The van der Waals surface area contributed by atoms with Gasteiger partial charge < -0.3 is 14.6 Å². The number of ether oxygens (including phenoxy) is 1. The second-order valence-corrected chi connectivity index (χ2v) is 7.66. The van der Waals surface area contributed by atoms with Gasteiger partial charge in [0.2, 0.25) is 5.91 Å². The molecule has 1 heterocycles. The number of hydrogen-bond acceptors (Lipinski definition) is 5. The Bertz CT molecular complexity index is 1060. The fraction of sp³-hybridized carbons (Fsp3) is 0.250. The van der Waals surface area contributed by atoms with Crippen molar-refractivity contribution in [1.29, 1.82) is 0 Å². The van der Waals surface area contributed by atoms with Crippen molar-refractivity contribution in [3.8, 4) is 17.1 Å². The largest absolute Gasteiger partial charge is 0.573 e. The zero-order valence-corrected chi connectivity index (χ0v) is 17.9. The predicted octanol–water partition coefficient (Wildman–Crippen LogP) is 4.93. The van der Waals surface area contributed by atoms with Gasteiger partial charge in [-0.15, -0.1) is 23.4 Å². The summed E-state index contributed by atoms with van der Waals surface area (Å²) in [6.07, 6.45) is -4.80. The van der Waals surface area contributed by atoms with E-state index in [0.29, 0.717) is 22.5 Å². The molecule has 31 heavy (non-hydrogen) atoms. The molecule has 0 spiro atoms. The molecule has 11 heteroatoms. The molecule has 0 aliphatic rings. The predicted molar refractivity (Wildman–Crippen MR) is 112 cm³/mol. The Balaban J connectivity index is 1.61. The molecule has 0 fully saturated rings. The van der Waals surface area contributed by atoms with E-state index in [4.69, 9.17) is 11.6 Å². The Kier molecular flexibility index (Phi) is 7.45. The monoisotopic (exact) mass is 470 g/mol. The molecule has 164 valence electrons. The third kappa shape index (κ3) is 6.38. The summed E-state index contributed by atoms with van der Waals surface area (Å²) in [6.45, 7) is 2.42. The van der Waals surface area contributed by atoms with Crippen LogP contribution in [0.15, 0.2) is 53.7 Å². The molecule has 0 saturated heterocycles. The summed E-state index contributed by atoms with van der Waals surface area (Å²) in [7, 11) is 0. The van der Waals surface area contributed by atoms with Crippen molar-refractivity contribution < 1.29 is 22.7 Å². The van der Waals surface area contributed by atoms with E-state index in [2.05, 4.69) is 20.3 Å². The van der Waals surface area contributed by atoms with Crippen molar-refractivity contribution in [2.75, 3.05) is 5.75 Å². The number of nitrogens with one attached hydrogen (secondary N) is 1. The molecule has 1 aromatic heterocycles. The van der Waals surface area contributed by atoms with Gasteiger partial charge in [-0.1, -0.05) is 53.7 Å². The van der Waals surface area contributed by atoms with Crippen LogP contribution < -0.4 is 10.1 Å². The number of amides is 1. The SMILES string of the molecule is CCn1c(SCC(=O)NCc2ccccc2OC(F)(F)F)nnc1-c1cccc(Cl)c1. The average Bonchev–Trinajstić information content (AvgIpc) is 3.13. The summed E-state index contributed by atoms with van der Waals surface area (Å²) >= 11 is 7.23. The lowest BCUT2D eigenvalue weighted by molar-refractivity contribution is -0.274. The molecule has 0 bridgehead atoms. The smallest absolute Gasteiger partial charge is 0.405 e. The maximum Gasteiger partial charge on any atom is 0.573 e. The Morgan fingerprint density at radius 1 is 1.19 bits per heavy atom. The number of alkyl halides is 3. The number of hydrogen-bond donors (Lipinski definition) is 1. The average molecular weight is 471 g/mol. The van der Waals surface area contributed by atoms with Gasteiger partial charge in [-0.2, -0.15) is 0 Å². The second-order valence-electron chi connectivity index (χ2n) is 6.28. The summed E-state index contributed by atoms with van der Waals surface area (Å²) in [5.41, 5.74) is 1.03. The summed E-state index contributed by atoms with van der Waals surface area (Å²) < 4.78 is 43.4. The van der Waals surface area contributed by atoms with Gasteiger partial charge in [0.15, 0.2) is 11.0 Å². The van der Waals surface area contributed by atoms with Crippen molar-refractivity contribution in [2.45, 2.75) is 31.5 Å². The van der Waals surface area contributed by atoms with Crippen LogP contribution in [0.5, 0.6) is 5.75 Å². The minimum atomic E-state index is -4.80. The van der Waals surface area contributed by atoms with Crippen LogP contribution in [0, 0.1) is 0 Å². The van der Waals surface area contributed by atoms with Gasteiger partial charge in [0.25, 0.3) is 0 Å². The number of para-hydroxylation sites is 1. The van der Waals surface area contributed by atoms with E-state index in [1.165, 1.54) is 30.0 Å². The van der Waals surface area contributed by atoms with Crippen LogP contribution in [0.3, 0.4) is 0 Å². The lowest BCUT2D eigenvalue weighted by Crippen LogP contribution is -2.26. The quantitative estimate of drug-likeness (QED) is 0.473. The standard InChI is InChI=1S/C20H18ClF3N4O2S/c1-2-28-18(13-7-5-8-15(21)10-13)26-27-19(28)31-12-17(29)25-11-14-6-3-4-9-16(14)30-20(22,23)24/h3-10H,2,11-12H2,1H3,(H,25,29). The second kappa shape index (κ2) is 10.1. The highest BCUT2D eigenvalue weighted by Crippen LogP contribution is 2.27. The third-order valence-corrected chi connectivity index (χ3v) is 5.32. The van der Waals surface area contributed by atoms with Crippen LogP contribution >= 0.6 is 23.4 Å². The highest BCUT2D eigenvalue weighted by molar-refractivity contribution is 7.99. The fourth-order valence-electron chi connectivity index (χ4n) is 2.77. The molecule has 3 aromatic rings. The van der Waals surface area contributed by atoms with Crippen molar-refractivity contribution in [3.63, 3.8) is 0 Å². The molecule has 3 rings (SSSR count). The van der Waals surface area contributed by atoms with Crippen LogP contribution in [-0.2, 0) is 17.9 Å². The van der Waals surface area contributed by atoms with E-state index in [1.807, 2.05) is 23.6 Å². The van der Waals surface area contributed by atoms with E-state index in [1.54, 1.807) is 18.2 Å². The minimum Gasteiger partial charge on any atom is -0.405 e. The normalized spacial score (nSPS) is 11.4. The van der Waals surface area contributed by atoms with E-state index >= 15 is 0 Å². The lowest BCUT2D eigenvalue weighted by atomic mass is 10.2. The van der Waals surface area contributed by atoms with E-state index in [0.717, 1.165) is 5.56 Å². The lowest BCUT2D eigenvalue weighted by Gasteiger charge is -2.13. The van der Waals surface area contributed by atoms with Gasteiger partial charge in [0.05, 0.1) is 5.75 Å². The van der Waals surface area contributed by atoms with Crippen LogP contribution in [0.2, 0.25) is 5.02 Å². The number of halogens is 4. The first-order valence-corrected chi connectivity index (χ1v) is 10.6. The Hall–Kier alpha value is -2.72. The number of carbonyl (C=O) groups is 1. The molecule has 0 unspecified atom stereocenters. The number of thioether (sulfide) groups is 1. The van der Waals surface area contributed by atoms with Crippen LogP contribution in [0.1, 0.15) is 12.5 Å². The van der Waals surface area contributed by atoms with Gasteiger partial charge in [-0.05, 0) is 25.1 Å². The number of aromatic nitrogens is 3. The van der Waals surface area contributed by atoms with Gasteiger partial charge in [-0.3, -0.25) is 4.79 Å². The molecule has 0 saturated carbocycles. The zero-order chi connectivity index (χ0) is 22.4. The molecule has 6 nitrogen and oxygen atoms in total. The van der Waals surface area contributed by atoms with Crippen molar-refractivity contribution >= 4 is 29.3 Å². The van der Waals surface area contributed by atoms with E-state index < -0.39 is 6.36 Å². The molecule has 0 radical (unpaired) electrons. The number of rotatable bonds is 8. The van der Waals surface area contributed by atoms with E-state index in [9.17, 15) is 18.0 Å². The summed E-state index contributed by atoms with van der Waals surface area (Å²) in [6, 6.07) is 12.9. The maximum atomic E-state index is 12.5. The van der Waals surface area contributed by atoms with Gasteiger partial charge >= 0.3 is 6.36 Å².